The number of carboxylic acid groups (broad SMARTS) is 1. The summed E-state index contributed by atoms with van der Waals surface area (Å²) in [6.07, 6.45) is 0.921. The lowest BCUT2D eigenvalue weighted by Gasteiger charge is -2.25. The third-order valence-electron chi connectivity index (χ3n) is 3.53. The fourth-order valence-electron chi connectivity index (χ4n) is 2.27. The second-order valence-electron chi connectivity index (χ2n) is 5.54. The van der Waals surface area contributed by atoms with E-state index in [2.05, 4.69) is 13.8 Å². The van der Waals surface area contributed by atoms with E-state index in [-0.39, 0.29) is 16.0 Å². The summed E-state index contributed by atoms with van der Waals surface area (Å²) < 4.78 is 14.2. The molecule has 1 heterocycles. The minimum atomic E-state index is -1.13. The Hall–Kier alpha value is -1.43. The van der Waals surface area contributed by atoms with E-state index in [1.165, 1.54) is 6.07 Å². The zero-order valence-corrected chi connectivity index (χ0v) is 12.5. The van der Waals surface area contributed by atoms with Gasteiger partial charge in [-0.3, -0.25) is 0 Å². The minimum absolute atomic E-state index is 0.0386. The van der Waals surface area contributed by atoms with Gasteiger partial charge in [0.15, 0.2) is 0 Å². The van der Waals surface area contributed by atoms with Crippen molar-refractivity contribution in [2.75, 3.05) is 29.5 Å². The molecular weight excluding hydrogens is 279 g/mol. The molecule has 0 spiro atoms. The average Bonchev–Trinajstić information content (AvgIpc) is 2.50. The van der Waals surface area contributed by atoms with Crippen molar-refractivity contribution in [2.24, 2.45) is 0 Å². The normalized spacial score (nSPS) is 18.6. The lowest BCUT2D eigenvalue weighted by Crippen LogP contribution is -2.28. The summed E-state index contributed by atoms with van der Waals surface area (Å²) in [6.45, 7) is 5.75. The first kappa shape index (κ1) is 15.0. The van der Waals surface area contributed by atoms with Gasteiger partial charge in [-0.2, -0.15) is 11.8 Å². The van der Waals surface area contributed by atoms with Crippen LogP contribution < -0.4 is 10.6 Å². The van der Waals surface area contributed by atoms with Crippen molar-refractivity contribution < 1.29 is 14.3 Å². The Labute approximate surface area is 122 Å². The largest absolute Gasteiger partial charge is 0.478 e. The molecule has 1 aliphatic heterocycles. The molecule has 110 valence electrons. The zero-order chi connectivity index (χ0) is 14.9. The summed E-state index contributed by atoms with van der Waals surface area (Å²) >= 11 is 1.85. The molecule has 1 aromatic carbocycles. The van der Waals surface area contributed by atoms with E-state index < -0.39 is 11.8 Å². The van der Waals surface area contributed by atoms with Crippen molar-refractivity contribution in [1.82, 2.24) is 0 Å². The molecule has 3 N–H and O–H groups in total. The Bertz CT molecular complexity index is 534. The molecule has 1 fully saturated rings. The molecule has 20 heavy (non-hydrogen) atoms. The van der Waals surface area contributed by atoms with Gasteiger partial charge in [-0.05, 0) is 18.6 Å². The number of hydrogen-bond donors (Lipinski definition) is 2. The van der Waals surface area contributed by atoms with Crippen LogP contribution in [0.5, 0.6) is 0 Å². The Balaban J connectivity index is 2.32. The summed E-state index contributed by atoms with van der Waals surface area (Å²) in [6, 6.07) is 2.44. The third-order valence-corrected chi connectivity index (χ3v) is 4.90. The SMILES string of the molecule is CC1(C)CCN(c2cc(C(=O)O)c(N)cc2F)CCS1. The molecule has 0 aliphatic carbocycles. The number of nitrogen functional groups attached to an aromatic ring is 1. The number of halogens is 1. The van der Waals surface area contributed by atoms with Crippen LogP contribution in [0.3, 0.4) is 0 Å². The van der Waals surface area contributed by atoms with E-state index in [0.717, 1.165) is 18.2 Å². The van der Waals surface area contributed by atoms with Crippen molar-refractivity contribution in [3.8, 4) is 0 Å². The molecule has 1 saturated heterocycles. The maximum atomic E-state index is 14.1. The molecule has 0 unspecified atom stereocenters. The first-order valence-corrected chi connectivity index (χ1v) is 7.50. The monoisotopic (exact) mass is 298 g/mol. The molecule has 0 amide bonds. The van der Waals surface area contributed by atoms with Gasteiger partial charge in [0.1, 0.15) is 5.82 Å². The summed E-state index contributed by atoms with van der Waals surface area (Å²) in [5.41, 5.74) is 5.80. The van der Waals surface area contributed by atoms with Crippen molar-refractivity contribution >= 4 is 29.1 Å². The van der Waals surface area contributed by atoms with Gasteiger partial charge in [0, 0.05) is 29.3 Å². The third kappa shape index (κ3) is 3.17. The molecule has 0 aromatic heterocycles. The number of aromatic carboxylic acids is 1. The van der Waals surface area contributed by atoms with E-state index in [1.54, 1.807) is 0 Å². The van der Waals surface area contributed by atoms with E-state index >= 15 is 0 Å². The fourth-order valence-corrected chi connectivity index (χ4v) is 3.37. The summed E-state index contributed by atoms with van der Waals surface area (Å²) in [5.74, 6) is -0.704. The highest BCUT2D eigenvalue weighted by Crippen LogP contribution is 2.34. The molecule has 2 rings (SSSR count). The minimum Gasteiger partial charge on any atom is -0.478 e. The summed E-state index contributed by atoms with van der Waals surface area (Å²) in [4.78, 5) is 13.0. The Kier molecular flexibility index (Phi) is 4.13. The first-order valence-electron chi connectivity index (χ1n) is 6.51. The van der Waals surface area contributed by atoms with E-state index in [9.17, 15) is 9.18 Å². The lowest BCUT2D eigenvalue weighted by molar-refractivity contribution is 0.0698. The number of anilines is 2. The number of hydrogen-bond acceptors (Lipinski definition) is 4. The van der Waals surface area contributed by atoms with Gasteiger partial charge < -0.3 is 15.7 Å². The molecule has 1 aromatic rings. The Morgan fingerprint density at radius 1 is 1.45 bits per heavy atom. The predicted molar refractivity (Wildman–Crippen MR) is 81.1 cm³/mol. The molecule has 0 bridgehead atoms. The highest BCUT2D eigenvalue weighted by Gasteiger charge is 2.25. The number of nitrogens with zero attached hydrogens (tertiary/aromatic N) is 1. The molecule has 0 atom stereocenters. The molecule has 6 heteroatoms. The van der Waals surface area contributed by atoms with Gasteiger partial charge in [0.2, 0.25) is 0 Å². The zero-order valence-electron chi connectivity index (χ0n) is 11.6. The van der Waals surface area contributed by atoms with Crippen molar-refractivity contribution in [3.05, 3.63) is 23.5 Å². The van der Waals surface area contributed by atoms with Crippen molar-refractivity contribution in [1.29, 1.82) is 0 Å². The van der Waals surface area contributed by atoms with E-state index in [4.69, 9.17) is 10.8 Å². The van der Waals surface area contributed by atoms with Crippen LogP contribution in [0.15, 0.2) is 12.1 Å². The highest BCUT2D eigenvalue weighted by molar-refractivity contribution is 8.00. The van der Waals surface area contributed by atoms with Gasteiger partial charge in [0.25, 0.3) is 0 Å². The highest BCUT2D eigenvalue weighted by atomic mass is 32.2. The topological polar surface area (TPSA) is 66.6 Å². The second kappa shape index (κ2) is 5.52. The van der Waals surface area contributed by atoms with Gasteiger partial charge in [0.05, 0.1) is 11.3 Å². The Morgan fingerprint density at radius 3 is 2.80 bits per heavy atom. The van der Waals surface area contributed by atoms with E-state index in [0.29, 0.717) is 18.8 Å². The van der Waals surface area contributed by atoms with Gasteiger partial charge in [-0.25, -0.2) is 9.18 Å². The van der Waals surface area contributed by atoms with Crippen LogP contribution in [-0.2, 0) is 0 Å². The molecule has 0 radical (unpaired) electrons. The maximum Gasteiger partial charge on any atom is 0.337 e. The first-order chi connectivity index (χ1) is 9.30. The number of thioether (sulfide) groups is 1. The van der Waals surface area contributed by atoms with E-state index in [1.807, 2.05) is 16.7 Å². The smallest absolute Gasteiger partial charge is 0.337 e. The van der Waals surface area contributed by atoms with Crippen LogP contribution in [0.1, 0.15) is 30.6 Å². The lowest BCUT2D eigenvalue weighted by atomic mass is 10.1. The fraction of sp³-hybridized carbons (Fsp3) is 0.500. The van der Waals surface area contributed by atoms with Crippen LogP contribution in [-0.4, -0.2) is 34.7 Å². The van der Waals surface area contributed by atoms with Crippen molar-refractivity contribution in [2.45, 2.75) is 25.0 Å². The predicted octanol–water partition coefficient (Wildman–Crippen LogP) is 2.83. The maximum absolute atomic E-state index is 14.1. The van der Waals surface area contributed by atoms with Crippen LogP contribution >= 0.6 is 11.8 Å². The van der Waals surface area contributed by atoms with Gasteiger partial charge >= 0.3 is 5.97 Å². The number of nitrogens with two attached hydrogens (primary N) is 1. The van der Waals surface area contributed by atoms with Gasteiger partial charge in [-0.15, -0.1) is 0 Å². The standard InChI is InChI=1S/C14H19FN2O2S/c1-14(2)3-4-17(5-6-20-14)12-7-9(13(18)19)11(16)8-10(12)15/h7-8H,3-6,16H2,1-2H3,(H,18,19). The summed E-state index contributed by atoms with van der Waals surface area (Å²) in [7, 11) is 0. The van der Waals surface area contributed by atoms with Crippen molar-refractivity contribution in [3.63, 3.8) is 0 Å². The Morgan fingerprint density at radius 2 is 2.15 bits per heavy atom. The molecule has 4 nitrogen and oxygen atoms in total. The number of benzene rings is 1. The molecular formula is C14H19FN2O2S. The van der Waals surface area contributed by atoms with Gasteiger partial charge in [-0.1, -0.05) is 13.8 Å². The molecule has 1 aliphatic rings. The second-order valence-corrected chi connectivity index (χ2v) is 7.34. The quantitative estimate of drug-likeness (QED) is 0.822. The van der Waals surface area contributed by atoms with Crippen LogP contribution in [0.4, 0.5) is 15.8 Å². The number of rotatable bonds is 2. The number of carbonyl (C=O) groups is 1. The number of carboxylic acids is 1. The van der Waals surface area contributed by atoms with Crippen LogP contribution in [0.25, 0.3) is 0 Å². The van der Waals surface area contributed by atoms with Crippen LogP contribution in [0.2, 0.25) is 0 Å². The average molecular weight is 298 g/mol. The molecule has 0 saturated carbocycles. The van der Waals surface area contributed by atoms with Crippen LogP contribution in [0, 0.1) is 5.82 Å². The summed E-state index contributed by atoms with van der Waals surface area (Å²) in [5, 5.41) is 9.09.